The van der Waals surface area contributed by atoms with Gasteiger partial charge in [0.1, 0.15) is 0 Å². The SMILES string of the molecule is CC1=C(C#N)C(c2ccc[nH+]c2)C2=C(CC(C)(C)CC2=O)N1. The molecule has 112 valence electrons. The molecule has 22 heavy (non-hydrogen) atoms. The molecule has 2 N–H and O–H groups in total. The minimum Gasteiger partial charge on any atom is -0.361 e. The minimum atomic E-state index is -0.262. The van der Waals surface area contributed by atoms with Crippen LogP contribution in [0.15, 0.2) is 47.1 Å². The Morgan fingerprint density at radius 1 is 1.41 bits per heavy atom. The van der Waals surface area contributed by atoms with E-state index in [0.717, 1.165) is 29.0 Å². The van der Waals surface area contributed by atoms with E-state index in [-0.39, 0.29) is 17.1 Å². The molecular formula is C18H20N3O+. The summed E-state index contributed by atoms with van der Waals surface area (Å²) < 4.78 is 0. The Hall–Kier alpha value is -2.41. The van der Waals surface area contributed by atoms with Gasteiger partial charge in [0.25, 0.3) is 0 Å². The van der Waals surface area contributed by atoms with Crippen LogP contribution in [-0.2, 0) is 4.79 Å². The largest absolute Gasteiger partial charge is 0.361 e. The fourth-order valence-electron chi connectivity index (χ4n) is 3.50. The van der Waals surface area contributed by atoms with Crippen LogP contribution in [0.1, 0.15) is 45.1 Å². The molecule has 3 rings (SSSR count). The Bertz CT molecular complexity index is 735. The van der Waals surface area contributed by atoms with Gasteiger partial charge in [-0.1, -0.05) is 13.8 Å². The first-order chi connectivity index (χ1) is 10.4. The third-order valence-corrected chi connectivity index (χ3v) is 4.42. The third kappa shape index (κ3) is 2.33. The van der Waals surface area contributed by atoms with Gasteiger partial charge in [-0.25, -0.2) is 4.98 Å². The lowest BCUT2D eigenvalue weighted by Gasteiger charge is -2.38. The quantitative estimate of drug-likeness (QED) is 0.865. The number of hydrogen-bond acceptors (Lipinski definition) is 3. The number of nitriles is 1. The van der Waals surface area contributed by atoms with Crippen LogP contribution >= 0.6 is 0 Å². The number of H-pyrrole nitrogens is 1. The molecule has 0 bridgehead atoms. The van der Waals surface area contributed by atoms with Crippen LogP contribution in [-0.4, -0.2) is 5.78 Å². The predicted octanol–water partition coefficient (Wildman–Crippen LogP) is 2.63. The standard InChI is InChI=1S/C18H19N3O/c1-11-13(9-19)16(12-5-4-6-20-10-12)17-14(21-11)7-18(2,3)8-15(17)22/h4-6,10,16,21H,7-8H2,1-3H3/p+1. The number of allylic oxidation sites excluding steroid dienone is 4. The lowest BCUT2D eigenvalue weighted by atomic mass is 9.69. The van der Waals surface area contributed by atoms with Gasteiger partial charge in [-0.05, 0) is 24.8 Å². The molecule has 2 heterocycles. The van der Waals surface area contributed by atoms with E-state index in [0.29, 0.717) is 12.0 Å². The van der Waals surface area contributed by atoms with E-state index in [9.17, 15) is 10.1 Å². The van der Waals surface area contributed by atoms with Gasteiger partial charge in [-0.2, -0.15) is 5.26 Å². The van der Waals surface area contributed by atoms with Crippen molar-refractivity contribution in [1.29, 1.82) is 5.26 Å². The number of carbonyl (C=O) groups excluding carboxylic acids is 1. The number of hydrogen-bond donors (Lipinski definition) is 1. The number of Topliss-reactive ketones (excluding diaryl/α,β-unsaturated/α-hetero) is 1. The van der Waals surface area contributed by atoms with Gasteiger partial charge in [-0.3, -0.25) is 4.79 Å². The fraction of sp³-hybridized carbons (Fsp3) is 0.389. The summed E-state index contributed by atoms with van der Waals surface area (Å²) in [6.45, 7) is 6.13. The van der Waals surface area contributed by atoms with E-state index in [4.69, 9.17) is 0 Å². The van der Waals surface area contributed by atoms with E-state index < -0.39 is 0 Å². The van der Waals surface area contributed by atoms with Crippen molar-refractivity contribution in [2.24, 2.45) is 5.41 Å². The van der Waals surface area contributed by atoms with Crippen molar-refractivity contribution in [3.8, 4) is 6.07 Å². The van der Waals surface area contributed by atoms with Crippen LogP contribution in [0.25, 0.3) is 0 Å². The molecule has 0 fully saturated rings. The topological polar surface area (TPSA) is 67.0 Å². The second kappa shape index (κ2) is 5.10. The summed E-state index contributed by atoms with van der Waals surface area (Å²) in [6, 6.07) is 6.16. The first-order valence-electron chi connectivity index (χ1n) is 7.53. The molecule has 1 aromatic heterocycles. The maximum atomic E-state index is 12.8. The van der Waals surface area contributed by atoms with Crippen LogP contribution in [0.3, 0.4) is 0 Å². The number of nitrogens with one attached hydrogen (secondary N) is 2. The van der Waals surface area contributed by atoms with E-state index in [2.05, 4.69) is 30.2 Å². The molecule has 1 aromatic rings. The first kappa shape index (κ1) is 14.5. The summed E-state index contributed by atoms with van der Waals surface area (Å²) in [6.07, 6.45) is 5.06. The molecule has 0 aromatic carbocycles. The first-order valence-corrected chi connectivity index (χ1v) is 7.53. The lowest BCUT2D eigenvalue weighted by Crippen LogP contribution is -2.37. The van der Waals surface area contributed by atoms with Gasteiger partial charge in [0.05, 0.1) is 17.6 Å². The summed E-state index contributed by atoms with van der Waals surface area (Å²) >= 11 is 0. The number of dihydropyridines is 1. The second-order valence-electron chi connectivity index (χ2n) is 6.88. The van der Waals surface area contributed by atoms with E-state index in [1.807, 2.05) is 31.5 Å². The maximum Gasteiger partial charge on any atom is 0.171 e. The highest BCUT2D eigenvalue weighted by molar-refractivity contribution is 6.00. The minimum absolute atomic E-state index is 0.0410. The van der Waals surface area contributed by atoms with Gasteiger partial charge < -0.3 is 5.32 Å². The molecule has 4 nitrogen and oxygen atoms in total. The average Bonchev–Trinajstić information content (AvgIpc) is 2.45. The zero-order chi connectivity index (χ0) is 15.9. The molecule has 0 saturated heterocycles. The van der Waals surface area contributed by atoms with E-state index >= 15 is 0 Å². The predicted molar refractivity (Wildman–Crippen MR) is 82.2 cm³/mol. The second-order valence-corrected chi connectivity index (χ2v) is 6.88. The highest BCUT2D eigenvalue weighted by Crippen LogP contribution is 2.45. The number of aromatic nitrogens is 1. The molecule has 0 saturated carbocycles. The molecule has 1 aliphatic heterocycles. The van der Waals surface area contributed by atoms with Crippen molar-refractivity contribution in [2.75, 3.05) is 0 Å². The number of pyridine rings is 1. The number of rotatable bonds is 1. The zero-order valence-electron chi connectivity index (χ0n) is 13.2. The Kier molecular flexibility index (Phi) is 3.37. The Morgan fingerprint density at radius 2 is 2.18 bits per heavy atom. The van der Waals surface area contributed by atoms with Gasteiger partial charge in [0, 0.05) is 35.0 Å². The fourth-order valence-corrected chi connectivity index (χ4v) is 3.50. The van der Waals surface area contributed by atoms with Crippen molar-refractivity contribution >= 4 is 5.78 Å². The highest BCUT2D eigenvalue weighted by atomic mass is 16.1. The highest BCUT2D eigenvalue weighted by Gasteiger charge is 2.41. The van der Waals surface area contributed by atoms with Crippen LogP contribution < -0.4 is 10.3 Å². The third-order valence-electron chi connectivity index (χ3n) is 4.42. The summed E-state index contributed by atoms with van der Waals surface area (Å²) in [7, 11) is 0. The molecule has 1 atom stereocenters. The average molecular weight is 294 g/mol. The normalized spacial score (nSPS) is 23.7. The summed E-state index contributed by atoms with van der Waals surface area (Å²) in [4.78, 5) is 15.8. The van der Waals surface area contributed by atoms with Crippen molar-refractivity contribution in [1.82, 2.24) is 5.32 Å². The van der Waals surface area contributed by atoms with Gasteiger partial charge in [0.15, 0.2) is 18.2 Å². The molecule has 1 aliphatic carbocycles. The zero-order valence-corrected chi connectivity index (χ0v) is 13.2. The molecule has 2 aliphatic rings. The summed E-state index contributed by atoms with van der Waals surface area (Å²) in [5, 5.41) is 12.9. The van der Waals surface area contributed by atoms with E-state index in [1.54, 1.807) is 0 Å². The number of carbonyl (C=O) groups is 1. The lowest BCUT2D eigenvalue weighted by molar-refractivity contribution is -0.378. The molecule has 0 radical (unpaired) electrons. The van der Waals surface area contributed by atoms with Crippen molar-refractivity contribution < 1.29 is 9.78 Å². The monoisotopic (exact) mass is 294 g/mol. The smallest absolute Gasteiger partial charge is 0.171 e. The molecule has 1 unspecified atom stereocenters. The Balaban J connectivity index is 2.18. The van der Waals surface area contributed by atoms with Crippen molar-refractivity contribution in [3.63, 3.8) is 0 Å². The van der Waals surface area contributed by atoms with Crippen LogP contribution in [0.2, 0.25) is 0 Å². The number of aromatic amines is 1. The van der Waals surface area contributed by atoms with Gasteiger partial charge >= 0.3 is 0 Å². The van der Waals surface area contributed by atoms with Crippen LogP contribution in [0, 0.1) is 16.7 Å². The number of ketones is 1. The van der Waals surface area contributed by atoms with Gasteiger partial charge in [-0.15, -0.1) is 0 Å². The van der Waals surface area contributed by atoms with E-state index in [1.165, 1.54) is 0 Å². The molecule has 0 spiro atoms. The maximum absolute atomic E-state index is 12.8. The Labute approximate surface area is 130 Å². The molecule has 0 amide bonds. The summed E-state index contributed by atoms with van der Waals surface area (Å²) in [5.41, 5.74) is 4.14. The van der Waals surface area contributed by atoms with Crippen molar-refractivity contribution in [2.45, 2.75) is 39.5 Å². The number of nitrogens with zero attached hydrogens (tertiary/aromatic N) is 1. The Morgan fingerprint density at radius 3 is 2.82 bits per heavy atom. The molecule has 4 heteroatoms. The molecular weight excluding hydrogens is 274 g/mol. The van der Waals surface area contributed by atoms with Crippen LogP contribution in [0.4, 0.5) is 0 Å². The van der Waals surface area contributed by atoms with Crippen LogP contribution in [0.5, 0.6) is 0 Å². The van der Waals surface area contributed by atoms with Crippen molar-refractivity contribution in [3.05, 3.63) is 52.6 Å². The summed E-state index contributed by atoms with van der Waals surface area (Å²) in [5.74, 6) is -0.116. The van der Waals surface area contributed by atoms with Gasteiger partial charge in [0.2, 0.25) is 0 Å².